The van der Waals surface area contributed by atoms with Crippen molar-refractivity contribution >= 4 is 11.9 Å². The Hall–Kier alpha value is -2.75. The van der Waals surface area contributed by atoms with Gasteiger partial charge in [0, 0.05) is 11.1 Å². The van der Waals surface area contributed by atoms with E-state index in [2.05, 4.69) is 0 Å². The van der Waals surface area contributed by atoms with Crippen molar-refractivity contribution in [3.63, 3.8) is 0 Å². The van der Waals surface area contributed by atoms with E-state index in [1.54, 1.807) is 24.3 Å². The number of phenolic OH excluding ortho intramolecular Hbond substituents is 1. The van der Waals surface area contributed by atoms with Gasteiger partial charge in [-0.05, 0) is 52.3 Å². The predicted octanol–water partition coefficient (Wildman–Crippen LogP) is 5.17. The van der Waals surface area contributed by atoms with Crippen LogP contribution in [-0.4, -0.2) is 23.1 Å². The average Bonchev–Trinajstić information content (AvgIpc) is 2.60. The Morgan fingerprint density at radius 3 is 2.23 bits per heavy atom. The fraction of sp³-hybridized carbons (Fsp3) is 0.318. The van der Waals surface area contributed by atoms with Gasteiger partial charge in [-0.2, -0.15) is 0 Å². The van der Waals surface area contributed by atoms with E-state index in [0.29, 0.717) is 17.1 Å². The molecule has 0 unspecified atom stereocenters. The highest BCUT2D eigenvalue weighted by atomic mass is 16.5. The van der Waals surface area contributed by atoms with E-state index in [1.807, 2.05) is 52.8 Å². The number of hydrogen-bond acceptors (Lipinski definition) is 4. The van der Waals surface area contributed by atoms with Gasteiger partial charge in [-0.3, -0.25) is 4.79 Å². The molecule has 26 heavy (non-hydrogen) atoms. The van der Waals surface area contributed by atoms with Crippen molar-refractivity contribution in [1.82, 2.24) is 0 Å². The molecule has 0 radical (unpaired) electrons. The minimum absolute atomic E-state index is 0.0172. The predicted molar refractivity (Wildman–Crippen MR) is 104 cm³/mol. The van der Waals surface area contributed by atoms with Crippen molar-refractivity contribution in [2.24, 2.45) is 0 Å². The van der Waals surface area contributed by atoms with Gasteiger partial charge < -0.3 is 14.6 Å². The third-order valence-corrected chi connectivity index (χ3v) is 3.70. The van der Waals surface area contributed by atoms with Crippen LogP contribution in [0.5, 0.6) is 17.2 Å². The maximum absolute atomic E-state index is 12.3. The second kappa shape index (κ2) is 8.56. The topological polar surface area (TPSA) is 55.8 Å². The summed E-state index contributed by atoms with van der Waals surface area (Å²) in [6, 6.07) is 10.8. The van der Waals surface area contributed by atoms with Gasteiger partial charge in [0.05, 0.1) is 12.2 Å². The lowest BCUT2D eigenvalue weighted by Crippen LogP contribution is -2.10. The van der Waals surface area contributed by atoms with Crippen LogP contribution in [0.2, 0.25) is 0 Å². The Labute approximate surface area is 155 Å². The molecule has 0 saturated carbocycles. The molecule has 138 valence electrons. The number of allylic oxidation sites excluding steroid dienone is 1. The first kappa shape index (κ1) is 19.6. The minimum atomic E-state index is -0.100. The van der Waals surface area contributed by atoms with E-state index in [4.69, 9.17) is 9.47 Å². The van der Waals surface area contributed by atoms with Crippen LogP contribution in [0.3, 0.4) is 0 Å². The van der Waals surface area contributed by atoms with Crippen molar-refractivity contribution < 1.29 is 19.4 Å². The summed E-state index contributed by atoms with van der Waals surface area (Å²) in [7, 11) is 0. The van der Waals surface area contributed by atoms with Crippen LogP contribution in [0.25, 0.3) is 6.08 Å². The number of ketones is 1. The molecule has 0 aromatic heterocycles. The van der Waals surface area contributed by atoms with E-state index >= 15 is 0 Å². The summed E-state index contributed by atoms with van der Waals surface area (Å²) in [5.74, 6) is 0.616. The normalized spacial score (nSPS) is 11.3. The van der Waals surface area contributed by atoms with E-state index in [0.717, 1.165) is 11.1 Å². The largest absolute Gasteiger partial charge is 0.502 e. The Kier molecular flexibility index (Phi) is 6.45. The summed E-state index contributed by atoms with van der Waals surface area (Å²) in [6.45, 7) is 9.41. The Balaban J connectivity index is 2.43. The van der Waals surface area contributed by atoms with Crippen molar-refractivity contribution in [1.29, 1.82) is 0 Å². The maximum atomic E-state index is 12.3. The number of aromatic hydroxyl groups is 1. The standard InChI is InChI=1S/C22H26O4/c1-14(2)25-20-13-18(16(5)22(21(20)24)26-15(3)4)11-12-19(23)17-9-7-6-8-10-17/h6-15,24H,1-5H3/b12-11+. The molecule has 0 bridgehead atoms. The van der Waals surface area contributed by atoms with Gasteiger partial charge in [-0.1, -0.05) is 36.4 Å². The molecule has 4 heteroatoms. The van der Waals surface area contributed by atoms with Gasteiger partial charge in [0.2, 0.25) is 5.75 Å². The zero-order chi connectivity index (χ0) is 19.3. The molecule has 2 aromatic carbocycles. The van der Waals surface area contributed by atoms with Gasteiger partial charge in [0.15, 0.2) is 17.3 Å². The number of ether oxygens (including phenoxy) is 2. The molecule has 2 rings (SSSR count). The minimum Gasteiger partial charge on any atom is -0.502 e. The van der Waals surface area contributed by atoms with Crippen LogP contribution in [0.15, 0.2) is 42.5 Å². The number of benzene rings is 2. The summed E-state index contributed by atoms with van der Waals surface area (Å²) in [4.78, 5) is 12.3. The first-order valence-electron chi connectivity index (χ1n) is 8.77. The number of phenols is 1. The summed E-state index contributed by atoms with van der Waals surface area (Å²) in [5.41, 5.74) is 2.14. The molecule has 1 N–H and O–H groups in total. The average molecular weight is 354 g/mol. The number of hydrogen-bond donors (Lipinski definition) is 1. The van der Waals surface area contributed by atoms with Crippen LogP contribution in [-0.2, 0) is 0 Å². The fourth-order valence-electron chi connectivity index (χ4n) is 2.50. The van der Waals surface area contributed by atoms with Gasteiger partial charge in [-0.25, -0.2) is 0 Å². The van der Waals surface area contributed by atoms with Gasteiger partial charge in [0.25, 0.3) is 0 Å². The lowest BCUT2D eigenvalue weighted by Gasteiger charge is -2.19. The highest BCUT2D eigenvalue weighted by molar-refractivity contribution is 6.06. The van der Waals surface area contributed by atoms with Crippen LogP contribution >= 0.6 is 0 Å². The molecule has 0 aliphatic heterocycles. The van der Waals surface area contributed by atoms with E-state index in [9.17, 15) is 9.90 Å². The second-order valence-electron chi connectivity index (χ2n) is 6.66. The van der Waals surface area contributed by atoms with E-state index in [1.165, 1.54) is 6.08 Å². The molecular formula is C22H26O4. The summed E-state index contributed by atoms with van der Waals surface area (Å²) < 4.78 is 11.5. The quantitative estimate of drug-likeness (QED) is 0.550. The van der Waals surface area contributed by atoms with Crippen molar-refractivity contribution in [3.05, 3.63) is 59.2 Å². The molecule has 4 nitrogen and oxygen atoms in total. The molecule has 0 aliphatic carbocycles. The summed E-state index contributed by atoms with van der Waals surface area (Å²) >= 11 is 0. The zero-order valence-corrected chi connectivity index (χ0v) is 15.9. The monoisotopic (exact) mass is 354 g/mol. The van der Waals surface area contributed by atoms with Crippen molar-refractivity contribution in [2.45, 2.75) is 46.8 Å². The molecule has 0 spiro atoms. The summed E-state index contributed by atoms with van der Waals surface area (Å²) in [5, 5.41) is 10.5. The Morgan fingerprint density at radius 2 is 1.65 bits per heavy atom. The molecule has 0 aliphatic rings. The molecule has 0 atom stereocenters. The molecule has 2 aromatic rings. The van der Waals surface area contributed by atoms with E-state index < -0.39 is 0 Å². The van der Waals surface area contributed by atoms with Crippen molar-refractivity contribution in [3.8, 4) is 17.2 Å². The second-order valence-corrected chi connectivity index (χ2v) is 6.66. The molecule has 0 fully saturated rings. The molecule has 0 heterocycles. The number of carbonyl (C=O) groups is 1. The third-order valence-electron chi connectivity index (χ3n) is 3.70. The first-order chi connectivity index (χ1) is 12.3. The maximum Gasteiger partial charge on any atom is 0.201 e. The number of carbonyl (C=O) groups excluding carboxylic acids is 1. The third kappa shape index (κ3) is 4.88. The van der Waals surface area contributed by atoms with Crippen LogP contribution in [0.1, 0.15) is 49.2 Å². The lowest BCUT2D eigenvalue weighted by molar-refractivity contribution is 0.104. The van der Waals surface area contributed by atoms with E-state index in [-0.39, 0.29) is 23.7 Å². The Bertz CT molecular complexity index is 790. The lowest BCUT2D eigenvalue weighted by atomic mass is 10.0. The Morgan fingerprint density at radius 1 is 1.04 bits per heavy atom. The summed E-state index contributed by atoms with van der Waals surface area (Å²) in [6.07, 6.45) is 3.05. The van der Waals surface area contributed by atoms with Crippen molar-refractivity contribution in [2.75, 3.05) is 0 Å². The van der Waals surface area contributed by atoms with Crippen LogP contribution in [0.4, 0.5) is 0 Å². The first-order valence-corrected chi connectivity index (χ1v) is 8.77. The SMILES string of the molecule is Cc1c(/C=C/C(=O)c2ccccc2)cc(OC(C)C)c(O)c1OC(C)C. The molecular weight excluding hydrogens is 328 g/mol. The molecule has 0 saturated heterocycles. The van der Waals surface area contributed by atoms with Gasteiger partial charge >= 0.3 is 0 Å². The van der Waals surface area contributed by atoms with Crippen LogP contribution < -0.4 is 9.47 Å². The smallest absolute Gasteiger partial charge is 0.201 e. The zero-order valence-electron chi connectivity index (χ0n) is 15.9. The number of rotatable bonds is 7. The van der Waals surface area contributed by atoms with Gasteiger partial charge in [-0.15, -0.1) is 0 Å². The van der Waals surface area contributed by atoms with Crippen LogP contribution in [0, 0.1) is 6.92 Å². The fourth-order valence-corrected chi connectivity index (χ4v) is 2.50. The highest BCUT2D eigenvalue weighted by Crippen LogP contribution is 2.42. The molecule has 0 amide bonds. The van der Waals surface area contributed by atoms with Gasteiger partial charge in [0.1, 0.15) is 0 Å². The highest BCUT2D eigenvalue weighted by Gasteiger charge is 2.18.